The topological polar surface area (TPSA) is 50.7 Å². The number of hydrogen-bond acceptors (Lipinski definition) is 3. The van der Waals surface area contributed by atoms with E-state index < -0.39 is 0 Å². The van der Waals surface area contributed by atoms with Gasteiger partial charge in [-0.15, -0.1) is 0 Å². The number of oxime groups is 1. The van der Waals surface area contributed by atoms with Crippen molar-refractivity contribution in [3.05, 3.63) is 71.8 Å². The highest BCUT2D eigenvalue weighted by Crippen LogP contribution is 2.02. The van der Waals surface area contributed by atoms with Crippen LogP contribution in [0.25, 0.3) is 0 Å². The number of amides is 1. The summed E-state index contributed by atoms with van der Waals surface area (Å²) in [6.07, 6.45) is 0.507. The van der Waals surface area contributed by atoms with Crippen LogP contribution in [0.1, 0.15) is 15.9 Å². The molecule has 0 fully saturated rings. The zero-order valence-electron chi connectivity index (χ0n) is 11.2. The highest BCUT2D eigenvalue weighted by Gasteiger charge is 2.09. The van der Waals surface area contributed by atoms with Crippen LogP contribution in [-0.2, 0) is 11.3 Å². The Bertz CT molecular complexity index is 580. The van der Waals surface area contributed by atoms with Gasteiger partial charge in [0.1, 0.15) is 7.11 Å². The van der Waals surface area contributed by atoms with Crippen molar-refractivity contribution >= 4 is 11.7 Å². The number of carbonyl (C=O) groups is 1. The molecule has 0 aromatic heterocycles. The van der Waals surface area contributed by atoms with Gasteiger partial charge in [0.25, 0.3) is 5.91 Å². The Hall–Kier alpha value is -2.62. The predicted molar refractivity (Wildman–Crippen MR) is 78.5 cm³/mol. The predicted octanol–water partition coefficient (Wildman–Crippen LogP) is 2.62. The molecule has 0 heterocycles. The van der Waals surface area contributed by atoms with Crippen LogP contribution in [0.5, 0.6) is 0 Å². The molecule has 0 aliphatic heterocycles. The van der Waals surface area contributed by atoms with E-state index in [4.69, 9.17) is 4.84 Å². The second-order valence-corrected chi connectivity index (χ2v) is 4.20. The largest absolute Gasteiger partial charge is 0.398 e. The summed E-state index contributed by atoms with van der Waals surface area (Å²) in [5.74, 6) is 0.282. The summed E-state index contributed by atoms with van der Waals surface area (Å²) >= 11 is 0. The van der Waals surface area contributed by atoms with Gasteiger partial charge < -0.3 is 10.2 Å². The Kier molecular flexibility index (Phi) is 4.89. The van der Waals surface area contributed by atoms with Crippen LogP contribution in [0.2, 0.25) is 0 Å². The van der Waals surface area contributed by atoms with E-state index >= 15 is 0 Å². The van der Waals surface area contributed by atoms with E-state index in [9.17, 15) is 4.79 Å². The molecule has 0 saturated carbocycles. The fourth-order valence-electron chi connectivity index (χ4n) is 1.79. The SMILES string of the molecule is CO/N=C(/Cc1ccccc1)NC(=O)c1ccccc1. The number of carbonyl (C=O) groups excluding carboxylic acids is 1. The molecule has 0 spiro atoms. The molecule has 0 aliphatic carbocycles. The number of amidine groups is 1. The van der Waals surface area contributed by atoms with E-state index in [2.05, 4.69) is 10.5 Å². The summed E-state index contributed by atoms with van der Waals surface area (Å²) < 4.78 is 0. The van der Waals surface area contributed by atoms with Crippen molar-refractivity contribution in [2.75, 3.05) is 7.11 Å². The Morgan fingerprint density at radius 1 is 1.05 bits per heavy atom. The number of rotatable bonds is 4. The number of hydrogen-bond donors (Lipinski definition) is 1. The van der Waals surface area contributed by atoms with E-state index in [0.717, 1.165) is 5.56 Å². The Morgan fingerprint density at radius 2 is 1.65 bits per heavy atom. The van der Waals surface area contributed by atoms with Crippen molar-refractivity contribution in [3.8, 4) is 0 Å². The molecule has 0 aliphatic rings. The minimum Gasteiger partial charge on any atom is -0.398 e. The minimum absolute atomic E-state index is 0.197. The maximum atomic E-state index is 12.1. The van der Waals surface area contributed by atoms with Gasteiger partial charge in [-0.1, -0.05) is 53.7 Å². The van der Waals surface area contributed by atoms with E-state index in [1.54, 1.807) is 12.1 Å². The van der Waals surface area contributed by atoms with Gasteiger partial charge in [0.15, 0.2) is 5.84 Å². The van der Waals surface area contributed by atoms with Crippen LogP contribution >= 0.6 is 0 Å². The van der Waals surface area contributed by atoms with Crippen LogP contribution in [0.3, 0.4) is 0 Å². The third-order valence-corrected chi connectivity index (χ3v) is 2.71. The molecule has 0 unspecified atom stereocenters. The summed E-state index contributed by atoms with van der Waals surface area (Å²) in [6.45, 7) is 0. The van der Waals surface area contributed by atoms with Crippen LogP contribution in [-0.4, -0.2) is 18.9 Å². The molecule has 2 aromatic carbocycles. The molecule has 0 atom stereocenters. The molecule has 2 rings (SSSR count). The number of benzene rings is 2. The highest BCUT2D eigenvalue weighted by molar-refractivity contribution is 6.06. The second-order valence-electron chi connectivity index (χ2n) is 4.20. The lowest BCUT2D eigenvalue weighted by Crippen LogP contribution is -2.32. The fraction of sp³-hybridized carbons (Fsp3) is 0.125. The smallest absolute Gasteiger partial charge is 0.256 e. The molecule has 4 heteroatoms. The zero-order chi connectivity index (χ0) is 14.2. The van der Waals surface area contributed by atoms with Crippen LogP contribution in [0, 0.1) is 0 Å². The molecule has 2 aromatic rings. The maximum Gasteiger partial charge on any atom is 0.256 e. The van der Waals surface area contributed by atoms with E-state index in [-0.39, 0.29) is 5.91 Å². The monoisotopic (exact) mass is 268 g/mol. The van der Waals surface area contributed by atoms with E-state index in [1.165, 1.54) is 7.11 Å². The van der Waals surface area contributed by atoms with Crippen LogP contribution in [0.4, 0.5) is 0 Å². The Balaban J connectivity index is 2.07. The van der Waals surface area contributed by atoms with Crippen molar-refractivity contribution < 1.29 is 9.63 Å². The van der Waals surface area contributed by atoms with Gasteiger partial charge in [-0.25, -0.2) is 0 Å². The molecule has 0 bridgehead atoms. The molecule has 102 valence electrons. The first-order valence-electron chi connectivity index (χ1n) is 6.30. The normalized spacial score (nSPS) is 10.9. The van der Waals surface area contributed by atoms with Crippen LogP contribution in [0.15, 0.2) is 65.8 Å². The van der Waals surface area contributed by atoms with Gasteiger partial charge in [-0.2, -0.15) is 0 Å². The average molecular weight is 268 g/mol. The zero-order valence-corrected chi connectivity index (χ0v) is 11.2. The molecule has 20 heavy (non-hydrogen) atoms. The lowest BCUT2D eigenvalue weighted by atomic mass is 10.1. The van der Waals surface area contributed by atoms with Gasteiger partial charge in [-0.05, 0) is 17.7 Å². The quantitative estimate of drug-likeness (QED) is 0.526. The number of nitrogens with zero attached hydrogens (tertiary/aromatic N) is 1. The fourth-order valence-corrected chi connectivity index (χ4v) is 1.79. The van der Waals surface area contributed by atoms with Crippen molar-refractivity contribution in [2.24, 2.45) is 5.16 Å². The average Bonchev–Trinajstić information content (AvgIpc) is 2.49. The molecule has 1 amide bonds. The summed E-state index contributed by atoms with van der Waals surface area (Å²) in [4.78, 5) is 16.9. The van der Waals surface area contributed by atoms with Crippen molar-refractivity contribution in [1.29, 1.82) is 0 Å². The summed E-state index contributed by atoms with van der Waals surface area (Å²) in [5, 5.41) is 6.64. The Labute approximate surface area is 118 Å². The molecule has 1 N–H and O–H groups in total. The summed E-state index contributed by atoms with van der Waals surface area (Å²) in [6, 6.07) is 18.8. The first-order valence-corrected chi connectivity index (χ1v) is 6.30. The van der Waals surface area contributed by atoms with Gasteiger partial charge in [0.05, 0.1) is 0 Å². The minimum atomic E-state index is -0.197. The van der Waals surface area contributed by atoms with Gasteiger partial charge in [0, 0.05) is 12.0 Å². The maximum absolute atomic E-state index is 12.1. The standard InChI is InChI=1S/C16H16N2O2/c1-20-18-15(12-13-8-4-2-5-9-13)17-16(19)14-10-6-3-7-11-14/h2-11H,12H2,1H3,(H,17,18,19). The third kappa shape index (κ3) is 3.95. The van der Waals surface area contributed by atoms with Gasteiger partial charge in [0.2, 0.25) is 0 Å². The molecular formula is C16H16N2O2. The van der Waals surface area contributed by atoms with Crippen molar-refractivity contribution in [2.45, 2.75) is 6.42 Å². The number of nitrogens with one attached hydrogen (secondary N) is 1. The van der Waals surface area contributed by atoms with Gasteiger partial charge in [-0.3, -0.25) is 4.79 Å². The first kappa shape index (κ1) is 13.8. The molecule has 0 radical (unpaired) electrons. The molecule has 4 nitrogen and oxygen atoms in total. The molecular weight excluding hydrogens is 252 g/mol. The lowest BCUT2D eigenvalue weighted by molar-refractivity contribution is 0.0973. The van der Waals surface area contributed by atoms with E-state index in [0.29, 0.717) is 17.8 Å². The third-order valence-electron chi connectivity index (χ3n) is 2.71. The van der Waals surface area contributed by atoms with Crippen LogP contribution < -0.4 is 5.32 Å². The highest BCUT2D eigenvalue weighted by atomic mass is 16.6. The summed E-state index contributed by atoms with van der Waals surface area (Å²) in [7, 11) is 1.46. The first-order chi connectivity index (χ1) is 9.79. The second kappa shape index (κ2) is 7.09. The lowest BCUT2D eigenvalue weighted by Gasteiger charge is -2.08. The van der Waals surface area contributed by atoms with Crippen molar-refractivity contribution in [3.63, 3.8) is 0 Å². The Morgan fingerprint density at radius 3 is 2.25 bits per heavy atom. The van der Waals surface area contributed by atoms with E-state index in [1.807, 2.05) is 48.5 Å². The van der Waals surface area contributed by atoms with Gasteiger partial charge >= 0.3 is 0 Å². The summed E-state index contributed by atoms with van der Waals surface area (Å²) in [5.41, 5.74) is 1.64. The van der Waals surface area contributed by atoms with Crippen molar-refractivity contribution in [1.82, 2.24) is 5.32 Å². The molecule has 0 saturated heterocycles.